The minimum Gasteiger partial charge on any atom is -0.449 e. The van der Waals surface area contributed by atoms with Gasteiger partial charge in [-0.25, -0.2) is 4.79 Å². The molecule has 0 aliphatic carbocycles. The van der Waals surface area contributed by atoms with E-state index in [1.54, 1.807) is 4.90 Å². The number of benzene rings is 1. The van der Waals surface area contributed by atoms with Crippen molar-refractivity contribution in [2.24, 2.45) is 5.92 Å². The number of piperidine rings is 2. The molecule has 2 fully saturated rings. The second-order valence-corrected chi connectivity index (χ2v) is 6.25. The van der Waals surface area contributed by atoms with E-state index in [4.69, 9.17) is 4.74 Å². The second kappa shape index (κ2) is 6.94. The molecular weight excluding hydrogens is 264 g/mol. The quantitative estimate of drug-likeness (QED) is 0.894. The number of quaternary nitrogens is 1. The summed E-state index contributed by atoms with van der Waals surface area (Å²) in [6.07, 6.45) is 6.12. The molecule has 0 radical (unpaired) electrons. The third-order valence-electron chi connectivity index (χ3n) is 4.88. The molecule has 114 valence electrons. The molecule has 0 saturated carbocycles. The van der Waals surface area contributed by atoms with E-state index in [1.165, 1.54) is 45.2 Å². The van der Waals surface area contributed by atoms with Gasteiger partial charge < -0.3 is 9.64 Å². The molecule has 0 bridgehead atoms. The largest absolute Gasteiger partial charge is 0.449 e. The zero-order chi connectivity index (χ0) is 14.5. The lowest BCUT2D eigenvalue weighted by atomic mass is 9.84. The summed E-state index contributed by atoms with van der Waals surface area (Å²) >= 11 is 0. The SMILES string of the molecule is O=C(Nc1ccccc1)OC[C@H]1CCC[NH+]2CCCC[C@H]12. The number of fused-ring (bicyclic) bond motifs is 1. The molecule has 1 unspecified atom stereocenters. The average Bonchev–Trinajstić information content (AvgIpc) is 2.54. The highest BCUT2D eigenvalue weighted by Crippen LogP contribution is 2.20. The smallest absolute Gasteiger partial charge is 0.411 e. The first kappa shape index (κ1) is 14.4. The highest BCUT2D eigenvalue weighted by Gasteiger charge is 2.37. The first-order valence-electron chi connectivity index (χ1n) is 8.16. The Labute approximate surface area is 126 Å². The number of hydrogen-bond donors (Lipinski definition) is 2. The summed E-state index contributed by atoms with van der Waals surface area (Å²) in [5, 5.41) is 2.79. The third kappa shape index (κ3) is 3.76. The molecular formula is C17H25N2O2+. The van der Waals surface area contributed by atoms with Gasteiger partial charge >= 0.3 is 6.09 Å². The monoisotopic (exact) mass is 289 g/mol. The van der Waals surface area contributed by atoms with Crippen LogP contribution in [0.1, 0.15) is 32.1 Å². The molecule has 4 heteroatoms. The topological polar surface area (TPSA) is 42.8 Å². The Kier molecular flexibility index (Phi) is 4.76. The Balaban J connectivity index is 1.48. The number of anilines is 1. The van der Waals surface area contributed by atoms with Gasteiger partial charge in [0.15, 0.2) is 0 Å². The fourth-order valence-corrected chi connectivity index (χ4v) is 3.84. The van der Waals surface area contributed by atoms with Crippen molar-refractivity contribution in [3.8, 4) is 0 Å². The number of ether oxygens (including phenoxy) is 1. The summed E-state index contributed by atoms with van der Waals surface area (Å²) in [4.78, 5) is 13.6. The van der Waals surface area contributed by atoms with E-state index in [1.807, 2.05) is 30.3 Å². The number of rotatable bonds is 3. The molecule has 3 rings (SSSR count). The lowest BCUT2D eigenvalue weighted by Gasteiger charge is -2.40. The first-order chi connectivity index (χ1) is 10.3. The van der Waals surface area contributed by atoms with Crippen LogP contribution in [0.3, 0.4) is 0 Å². The van der Waals surface area contributed by atoms with E-state index < -0.39 is 0 Å². The van der Waals surface area contributed by atoms with Crippen molar-refractivity contribution in [1.29, 1.82) is 0 Å². The van der Waals surface area contributed by atoms with Crippen molar-refractivity contribution >= 4 is 11.8 Å². The molecule has 0 spiro atoms. The fraction of sp³-hybridized carbons (Fsp3) is 0.588. The van der Waals surface area contributed by atoms with Gasteiger partial charge in [-0.1, -0.05) is 18.2 Å². The molecule has 2 aliphatic heterocycles. The molecule has 1 aromatic rings. The van der Waals surface area contributed by atoms with Crippen molar-refractivity contribution in [3.05, 3.63) is 30.3 Å². The van der Waals surface area contributed by atoms with E-state index in [9.17, 15) is 4.79 Å². The van der Waals surface area contributed by atoms with Crippen molar-refractivity contribution in [1.82, 2.24) is 0 Å². The van der Waals surface area contributed by atoms with Crippen LogP contribution in [0.2, 0.25) is 0 Å². The number of hydrogen-bond acceptors (Lipinski definition) is 2. The van der Waals surface area contributed by atoms with E-state index in [0.717, 1.165) is 5.69 Å². The summed E-state index contributed by atoms with van der Waals surface area (Å²) in [5.74, 6) is 0.538. The highest BCUT2D eigenvalue weighted by molar-refractivity contribution is 5.84. The van der Waals surface area contributed by atoms with E-state index in [2.05, 4.69) is 5.32 Å². The Hall–Kier alpha value is -1.55. The zero-order valence-electron chi connectivity index (χ0n) is 12.5. The number of nitrogens with one attached hydrogen (secondary N) is 2. The van der Waals surface area contributed by atoms with E-state index in [0.29, 0.717) is 18.6 Å². The molecule has 2 N–H and O–H groups in total. The molecule has 2 saturated heterocycles. The first-order valence-corrected chi connectivity index (χ1v) is 8.16. The summed E-state index contributed by atoms with van der Waals surface area (Å²) in [7, 11) is 0. The second-order valence-electron chi connectivity index (χ2n) is 6.25. The minimum absolute atomic E-state index is 0.330. The van der Waals surface area contributed by atoms with Crippen LogP contribution >= 0.6 is 0 Å². The Morgan fingerprint density at radius 1 is 1.14 bits per heavy atom. The number of carbonyl (C=O) groups excluding carboxylic acids is 1. The summed E-state index contributed by atoms with van der Waals surface area (Å²) < 4.78 is 5.47. The molecule has 4 nitrogen and oxygen atoms in total. The predicted molar refractivity (Wildman–Crippen MR) is 82.5 cm³/mol. The van der Waals surface area contributed by atoms with Gasteiger partial charge in [0.1, 0.15) is 6.61 Å². The molecule has 1 amide bonds. The molecule has 2 aliphatic rings. The maximum atomic E-state index is 11.9. The van der Waals surface area contributed by atoms with Gasteiger partial charge in [-0.2, -0.15) is 0 Å². The number of carbonyl (C=O) groups is 1. The van der Waals surface area contributed by atoms with E-state index in [-0.39, 0.29) is 6.09 Å². The van der Waals surface area contributed by atoms with E-state index >= 15 is 0 Å². The van der Waals surface area contributed by atoms with Gasteiger partial charge in [-0.3, -0.25) is 5.32 Å². The average molecular weight is 289 g/mol. The van der Waals surface area contributed by atoms with Crippen LogP contribution in [0, 0.1) is 5.92 Å². The van der Waals surface area contributed by atoms with Crippen LogP contribution in [0.25, 0.3) is 0 Å². The fourth-order valence-electron chi connectivity index (χ4n) is 3.84. The Morgan fingerprint density at radius 3 is 2.81 bits per heavy atom. The van der Waals surface area contributed by atoms with Crippen molar-refractivity contribution in [3.63, 3.8) is 0 Å². The highest BCUT2D eigenvalue weighted by atomic mass is 16.5. The molecule has 1 aromatic carbocycles. The summed E-state index contributed by atoms with van der Waals surface area (Å²) in [6, 6.07) is 10.2. The van der Waals surface area contributed by atoms with Gasteiger partial charge in [-0.05, 0) is 44.2 Å². The Bertz CT molecular complexity index is 461. The van der Waals surface area contributed by atoms with Crippen molar-refractivity contribution in [2.75, 3.05) is 25.0 Å². The third-order valence-corrected chi connectivity index (χ3v) is 4.88. The standard InChI is InChI=1S/C17H24N2O2/c20-17(18-15-8-2-1-3-9-15)21-13-14-7-6-12-19-11-5-4-10-16(14)19/h1-3,8-9,14,16H,4-7,10-13H2,(H,18,20)/p+1/t14-,16-/m1/s1. The van der Waals surface area contributed by atoms with Gasteiger partial charge in [0.25, 0.3) is 0 Å². The Morgan fingerprint density at radius 2 is 1.95 bits per heavy atom. The summed E-state index contributed by atoms with van der Waals surface area (Å²) in [6.45, 7) is 3.17. The molecule has 2 heterocycles. The normalized spacial score (nSPS) is 28.5. The molecule has 0 aromatic heterocycles. The lowest BCUT2D eigenvalue weighted by Crippen LogP contribution is -3.18. The molecule has 3 atom stereocenters. The molecule has 21 heavy (non-hydrogen) atoms. The van der Waals surface area contributed by atoms with Crippen molar-refractivity contribution < 1.29 is 14.4 Å². The zero-order valence-corrected chi connectivity index (χ0v) is 12.5. The van der Waals surface area contributed by atoms with Crippen LogP contribution < -0.4 is 10.2 Å². The van der Waals surface area contributed by atoms with Gasteiger partial charge in [0.2, 0.25) is 0 Å². The summed E-state index contributed by atoms with van der Waals surface area (Å²) in [5.41, 5.74) is 0.788. The lowest BCUT2D eigenvalue weighted by molar-refractivity contribution is -0.940. The minimum atomic E-state index is -0.330. The van der Waals surface area contributed by atoms with Crippen LogP contribution in [-0.4, -0.2) is 31.8 Å². The van der Waals surface area contributed by atoms with Crippen LogP contribution in [0.5, 0.6) is 0 Å². The predicted octanol–water partition coefficient (Wildman–Crippen LogP) is 2.08. The number of amides is 1. The number of para-hydroxylation sites is 1. The van der Waals surface area contributed by atoms with Gasteiger partial charge in [-0.15, -0.1) is 0 Å². The van der Waals surface area contributed by atoms with Crippen LogP contribution in [-0.2, 0) is 4.74 Å². The van der Waals surface area contributed by atoms with Crippen molar-refractivity contribution in [2.45, 2.75) is 38.1 Å². The maximum Gasteiger partial charge on any atom is 0.411 e. The van der Waals surface area contributed by atoms with Gasteiger partial charge in [0, 0.05) is 11.6 Å². The van der Waals surface area contributed by atoms with Crippen LogP contribution in [0.4, 0.5) is 10.5 Å². The van der Waals surface area contributed by atoms with Gasteiger partial charge in [0.05, 0.1) is 19.1 Å². The maximum absolute atomic E-state index is 11.9. The van der Waals surface area contributed by atoms with Crippen LogP contribution in [0.15, 0.2) is 30.3 Å².